The summed E-state index contributed by atoms with van der Waals surface area (Å²) in [5, 5.41) is 4.98. The molecule has 6 heteroatoms. The summed E-state index contributed by atoms with van der Waals surface area (Å²) in [5.74, 6) is 0.819. The van der Waals surface area contributed by atoms with Gasteiger partial charge in [0.25, 0.3) is 0 Å². The van der Waals surface area contributed by atoms with Crippen LogP contribution in [0.3, 0.4) is 0 Å². The number of pyridine rings is 1. The number of nitrogens with zero attached hydrogens (tertiary/aromatic N) is 1. The molecule has 122 valence electrons. The molecule has 2 heterocycles. The minimum absolute atomic E-state index is 0.200. The molecule has 0 amide bonds. The van der Waals surface area contributed by atoms with Crippen molar-refractivity contribution in [3.05, 3.63) is 56.8 Å². The quantitative estimate of drug-likeness (QED) is 0.814. The molecule has 1 N–H and O–H groups in total. The fourth-order valence-corrected chi connectivity index (χ4v) is 3.75. The van der Waals surface area contributed by atoms with Gasteiger partial charge in [0.1, 0.15) is 6.10 Å². The van der Waals surface area contributed by atoms with E-state index in [2.05, 4.69) is 10.3 Å². The zero-order valence-corrected chi connectivity index (χ0v) is 14.9. The van der Waals surface area contributed by atoms with Crippen LogP contribution in [-0.2, 0) is 0 Å². The van der Waals surface area contributed by atoms with Gasteiger partial charge in [0.2, 0.25) is 0 Å². The van der Waals surface area contributed by atoms with Gasteiger partial charge in [0, 0.05) is 30.4 Å². The van der Waals surface area contributed by atoms with Crippen LogP contribution < -0.4 is 10.1 Å². The Morgan fingerprint density at radius 1 is 1.17 bits per heavy atom. The van der Waals surface area contributed by atoms with Crippen LogP contribution in [0.15, 0.2) is 30.6 Å². The van der Waals surface area contributed by atoms with E-state index in [1.165, 1.54) is 0 Å². The molecule has 1 aromatic carbocycles. The molecule has 2 atom stereocenters. The number of hydrogen-bond donors (Lipinski definition) is 1. The third kappa shape index (κ3) is 3.92. The van der Waals surface area contributed by atoms with Crippen molar-refractivity contribution < 1.29 is 4.74 Å². The van der Waals surface area contributed by atoms with Crippen LogP contribution in [0.5, 0.6) is 5.75 Å². The number of ether oxygens (including phenoxy) is 1. The minimum Gasteiger partial charge on any atom is -0.482 e. The second kappa shape index (κ2) is 7.27. The zero-order chi connectivity index (χ0) is 16.4. The van der Waals surface area contributed by atoms with E-state index >= 15 is 0 Å². The molecule has 0 spiro atoms. The summed E-state index contributed by atoms with van der Waals surface area (Å²) in [7, 11) is 0. The maximum absolute atomic E-state index is 6.34. The van der Waals surface area contributed by atoms with Crippen LogP contribution in [0.1, 0.15) is 23.7 Å². The molecule has 1 aliphatic rings. The molecule has 0 unspecified atom stereocenters. The Balaban J connectivity index is 1.96. The molecule has 0 bridgehead atoms. The van der Waals surface area contributed by atoms with Crippen LogP contribution in [-0.4, -0.2) is 18.1 Å². The molecular weight excluding hydrogens is 355 g/mol. The molecule has 1 aromatic heterocycles. The van der Waals surface area contributed by atoms with Crippen molar-refractivity contribution >= 4 is 34.8 Å². The highest BCUT2D eigenvalue weighted by molar-refractivity contribution is 6.37. The van der Waals surface area contributed by atoms with Gasteiger partial charge in [-0.2, -0.15) is 0 Å². The van der Waals surface area contributed by atoms with Gasteiger partial charge in [-0.1, -0.05) is 34.8 Å². The van der Waals surface area contributed by atoms with E-state index in [-0.39, 0.29) is 6.10 Å². The number of aromatic nitrogens is 1. The third-order valence-electron chi connectivity index (χ3n) is 3.97. The lowest BCUT2D eigenvalue weighted by atomic mass is 9.96. The largest absolute Gasteiger partial charge is 0.482 e. The van der Waals surface area contributed by atoms with Crippen molar-refractivity contribution in [2.45, 2.75) is 19.4 Å². The topological polar surface area (TPSA) is 34.1 Å². The summed E-state index contributed by atoms with van der Waals surface area (Å²) in [6.07, 6.45) is 4.21. The first-order valence-electron chi connectivity index (χ1n) is 7.48. The number of rotatable bonds is 4. The van der Waals surface area contributed by atoms with E-state index in [4.69, 9.17) is 39.5 Å². The maximum Gasteiger partial charge on any atom is 0.157 e. The SMILES string of the molecule is Cc1cc(Cl)c(O[C@@H](c2cncc(Cl)c2)[C@H]2CCNC2)c(Cl)c1. The average Bonchev–Trinajstić information content (AvgIpc) is 3.00. The van der Waals surface area contributed by atoms with Gasteiger partial charge in [-0.15, -0.1) is 0 Å². The highest BCUT2D eigenvalue weighted by atomic mass is 35.5. The van der Waals surface area contributed by atoms with Crippen molar-refractivity contribution in [2.75, 3.05) is 13.1 Å². The highest BCUT2D eigenvalue weighted by Gasteiger charge is 2.29. The first-order chi connectivity index (χ1) is 11.0. The normalized spacial score (nSPS) is 18.9. The van der Waals surface area contributed by atoms with E-state index in [1.54, 1.807) is 12.4 Å². The van der Waals surface area contributed by atoms with E-state index in [0.29, 0.717) is 26.7 Å². The number of halogens is 3. The van der Waals surface area contributed by atoms with Gasteiger partial charge in [-0.05, 0) is 43.7 Å². The van der Waals surface area contributed by atoms with Gasteiger partial charge in [0.05, 0.1) is 15.1 Å². The van der Waals surface area contributed by atoms with Crippen LogP contribution in [0, 0.1) is 12.8 Å². The van der Waals surface area contributed by atoms with Crippen molar-refractivity contribution in [3.63, 3.8) is 0 Å². The van der Waals surface area contributed by atoms with Gasteiger partial charge in [-0.25, -0.2) is 0 Å². The number of hydrogen-bond acceptors (Lipinski definition) is 3. The van der Waals surface area contributed by atoms with Crippen molar-refractivity contribution in [2.24, 2.45) is 5.92 Å². The Bertz CT molecular complexity index is 679. The van der Waals surface area contributed by atoms with Crippen LogP contribution in [0.4, 0.5) is 0 Å². The summed E-state index contributed by atoms with van der Waals surface area (Å²) < 4.78 is 6.25. The second-order valence-electron chi connectivity index (χ2n) is 5.79. The molecule has 0 aliphatic carbocycles. The van der Waals surface area contributed by atoms with Crippen molar-refractivity contribution in [3.8, 4) is 5.75 Å². The Labute approximate surface area is 150 Å². The van der Waals surface area contributed by atoms with Gasteiger partial charge in [-0.3, -0.25) is 4.98 Å². The van der Waals surface area contributed by atoms with Crippen LogP contribution >= 0.6 is 34.8 Å². The van der Waals surface area contributed by atoms with Crippen molar-refractivity contribution in [1.29, 1.82) is 0 Å². The lowest BCUT2D eigenvalue weighted by Gasteiger charge is -2.26. The molecular formula is C17H17Cl3N2O. The first kappa shape index (κ1) is 16.8. The first-order valence-corrected chi connectivity index (χ1v) is 8.61. The third-order valence-corrected chi connectivity index (χ3v) is 4.74. The molecule has 2 aromatic rings. The smallest absolute Gasteiger partial charge is 0.157 e. The number of benzene rings is 1. The zero-order valence-electron chi connectivity index (χ0n) is 12.7. The molecule has 3 nitrogen and oxygen atoms in total. The van der Waals surface area contributed by atoms with E-state index in [1.807, 2.05) is 25.1 Å². The van der Waals surface area contributed by atoms with Crippen LogP contribution in [0.2, 0.25) is 15.1 Å². The monoisotopic (exact) mass is 370 g/mol. The predicted octanol–water partition coefficient (Wildman–Crippen LogP) is 5.08. The Kier molecular flexibility index (Phi) is 5.32. The molecule has 1 saturated heterocycles. The fraction of sp³-hybridized carbons (Fsp3) is 0.353. The second-order valence-corrected chi connectivity index (χ2v) is 7.04. The van der Waals surface area contributed by atoms with Gasteiger partial charge in [0.15, 0.2) is 5.75 Å². The van der Waals surface area contributed by atoms with Gasteiger partial charge >= 0.3 is 0 Å². The standard InChI is InChI=1S/C17H17Cl3N2O/c1-10-4-14(19)17(15(20)5-10)23-16(11-2-3-21-7-11)12-6-13(18)9-22-8-12/h4-6,8-9,11,16,21H,2-3,7H2,1H3/t11-,16+/m0/s1. The molecule has 1 fully saturated rings. The Morgan fingerprint density at radius 2 is 1.91 bits per heavy atom. The molecule has 0 saturated carbocycles. The summed E-state index contributed by atoms with van der Waals surface area (Å²) in [6.45, 7) is 3.78. The van der Waals surface area contributed by atoms with Crippen LogP contribution in [0.25, 0.3) is 0 Å². The molecule has 1 aliphatic heterocycles. The highest BCUT2D eigenvalue weighted by Crippen LogP contribution is 2.40. The summed E-state index contributed by atoms with van der Waals surface area (Å²) in [5.41, 5.74) is 1.93. The number of aryl methyl sites for hydroxylation is 1. The Morgan fingerprint density at radius 3 is 2.52 bits per heavy atom. The van der Waals surface area contributed by atoms with E-state index in [9.17, 15) is 0 Å². The number of nitrogens with one attached hydrogen (secondary N) is 1. The lowest BCUT2D eigenvalue weighted by Crippen LogP contribution is -2.22. The molecule has 0 radical (unpaired) electrons. The Hall–Kier alpha value is -1.000. The maximum atomic E-state index is 6.34. The van der Waals surface area contributed by atoms with E-state index < -0.39 is 0 Å². The lowest BCUT2D eigenvalue weighted by molar-refractivity contribution is 0.144. The molecule has 23 heavy (non-hydrogen) atoms. The molecule has 3 rings (SSSR count). The predicted molar refractivity (Wildman–Crippen MR) is 94.8 cm³/mol. The summed E-state index contributed by atoms with van der Waals surface area (Å²) in [4.78, 5) is 4.18. The van der Waals surface area contributed by atoms with Crippen molar-refractivity contribution in [1.82, 2.24) is 10.3 Å². The van der Waals surface area contributed by atoms with Gasteiger partial charge < -0.3 is 10.1 Å². The summed E-state index contributed by atoms with van der Waals surface area (Å²) >= 11 is 18.8. The fourth-order valence-electron chi connectivity index (χ4n) is 2.88. The average molecular weight is 372 g/mol. The van der Waals surface area contributed by atoms with E-state index in [0.717, 1.165) is 30.6 Å². The summed E-state index contributed by atoms with van der Waals surface area (Å²) in [6, 6.07) is 5.58. The minimum atomic E-state index is -0.200.